The maximum absolute atomic E-state index is 12.3. The number of hydrogen-bond donors (Lipinski definition) is 0. The van der Waals surface area contributed by atoms with Crippen LogP contribution >= 0.6 is 11.3 Å². The summed E-state index contributed by atoms with van der Waals surface area (Å²) in [6, 6.07) is 11.9. The fraction of sp³-hybridized carbons (Fsp3) is 0.222. The fourth-order valence-corrected chi connectivity index (χ4v) is 3.73. The van der Waals surface area contributed by atoms with Gasteiger partial charge in [0.2, 0.25) is 0 Å². The van der Waals surface area contributed by atoms with Crippen LogP contribution in [0.1, 0.15) is 32.6 Å². The number of esters is 1. The lowest BCUT2D eigenvalue weighted by Crippen LogP contribution is -2.04. The molecule has 3 heterocycles. The highest BCUT2D eigenvalue weighted by atomic mass is 32.1. The molecule has 0 radical (unpaired) electrons. The summed E-state index contributed by atoms with van der Waals surface area (Å²) in [6.45, 7) is 4.26. The summed E-state index contributed by atoms with van der Waals surface area (Å²) in [5, 5.41) is 9.22. The Kier molecular flexibility index (Phi) is 4.26. The number of aromatic nitrogens is 4. The van der Waals surface area contributed by atoms with Crippen LogP contribution in [0.5, 0.6) is 0 Å². The number of carbonyl (C=O) groups excluding carboxylic acids is 1. The summed E-state index contributed by atoms with van der Waals surface area (Å²) in [5.74, 6) is 0.380. The van der Waals surface area contributed by atoms with E-state index in [1.54, 1.807) is 6.92 Å². The summed E-state index contributed by atoms with van der Waals surface area (Å²) < 4.78 is 12.1. The third kappa shape index (κ3) is 3.23. The fourth-order valence-electron chi connectivity index (χ4n) is 2.67. The summed E-state index contributed by atoms with van der Waals surface area (Å²) in [6.07, 6.45) is 0. The van der Waals surface area contributed by atoms with Crippen molar-refractivity contribution in [3.05, 3.63) is 64.2 Å². The molecule has 7 nitrogen and oxygen atoms in total. The largest absolute Gasteiger partial charge is 0.451 e. The highest BCUT2D eigenvalue weighted by molar-refractivity contribution is 7.20. The van der Waals surface area contributed by atoms with Crippen LogP contribution in [0.4, 0.5) is 0 Å². The monoisotopic (exact) mass is 368 g/mol. The predicted molar refractivity (Wildman–Crippen MR) is 96.0 cm³/mol. The molecular formula is C18H16N4O3S. The maximum Gasteiger partial charge on any atom is 0.348 e. The van der Waals surface area contributed by atoms with Crippen LogP contribution in [-0.2, 0) is 17.9 Å². The van der Waals surface area contributed by atoms with E-state index in [9.17, 15) is 4.79 Å². The summed E-state index contributed by atoms with van der Waals surface area (Å²) in [4.78, 5) is 17.8. The van der Waals surface area contributed by atoms with Crippen molar-refractivity contribution in [2.45, 2.75) is 27.0 Å². The molecular weight excluding hydrogens is 352 g/mol. The van der Waals surface area contributed by atoms with Gasteiger partial charge in [-0.15, -0.1) is 11.3 Å². The molecule has 0 saturated carbocycles. The van der Waals surface area contributed by atoms with Crippen molar-refractivity contribution in [2.24, 2.45) is 0 Å². The number of thiophene rings is 1. The molecule has 4 rings (SSSR count). The molecule has 8 heteroatoms. The normalized spacial score (nSPS) is 11.2. The molecule has 132 valence electrons. The van der Waals surface area contributed by atoms with Gasteiger partial charge in [-0.2, -0.15) is 10.1 Å². The second-order valence-corrected chi connectivity index (χ2v) is 6.90. The van der Waals surface area contributed by atoms with E-state index in [0.717, 1.165) is 21.5 Å². The number of rotatable bonds is 5. The topological polar surface area (TPSA) is 83.0 Å². The molecule has 0 aliphatic heterocycles. The van der Waals surface area contributed by atoms with Gasteiger partial charge in [-0.3, -0.25) is 4.68 Å². The van der Waals surface area contributed by atoms with E-state index in [0.29, 0.717) is 17.2 Å². The van der Waals surface area contributed by atoms with Crippen LogP contribution < -0.4 is 0 Å². The lowest BCUT2D eigenvalue weighted by molar-refractivity contribution is 0.0435. The molecule has 0 atom stereocenters. The Bertz CT molecular complexity index is 1060. The van der Waals surface area contributed by atoms with Crippen LogP contribution in [0.25, 0.3) is 10.2 Å². The first-order valence-electron chi connectivity index (χ1n) is 8.07. The first-order valence-corrected chi connectivity index (χ1v) is 8.89. The zero-order valence-electron chi connectivity index (χ0n) is 14.3. The zero-order chi connectivity index (χ0) is 18.1. The highest BCUT2D eigenvalue weighted by Crippen LogP contribution is 2.29. The third-order valence-electron chi connectivity index (χ3n) is 3.88. The SMILES string of the molecule is Cc1noc(COC(=O)c2cc3c(C)nn(Cc4ccccc4)c3s2)n1. The van der Waals surface area contributed by atoms with Crippen molar-refractivity contribution in [1.29, 1.82) is 0 Å². The lowest BCUT2D eigenvalue weighted by Gasteiger charge is -2.02. The number of hydrogen-bond acceptors (Lipinski definition) is 7. The Morgan fingerprint density at radius 3 is 2.81 bits per heavy atom. The van der Waals surface area contributed by atoms with Crippen LogP contribution in [0.2, 0.25) is 0 Å². The summed E-state index contributed by atoms with van der Waals surface area (Å²) in [5.41, 5.74) is 2.04. The molecule has 3 aromatic heterocycles. The van der Waals surface area contributed by atoms with Gasteiger partial charge < -0.3 is 9.26 Å². The average molecular weight is 368 g/mol. The quantitative estimate of drug-likeness (QED) is 0.501. The molecule has 4 aromatic rings. The van der Waals surface area contributed by atoms with Gasteiger partial charge in [0.25, 0.3) is 5.89 Å². The number of ether oxygens (including phenoxy) is 1. The Morgan fingerprint density at radius 1 is 1.27 bits per heavy atom. The van der Waals surface area contributed by atoms with Gasteiger partial charge in [0.1, 0.15) is 9.71 Å². The second kappa shape index (κ2) is 6.72. The zero-order valence-corrected chi connectivity index (χ0v) is 15.1. The Labute approximate surface area is 153 Å². The minimum absolute atomic E-state index is 0.0386. The van der Waals surface area contributed by atoms with E-state index in [-0.39, 0.29) is 12.5 Å². The van der Waals surface area contributed by atoms with Gasteiger partial charge in [-0.25, -0.2) is 4.79 Å². The number of carbonyl (C=O) groups is 1. The van der Waals surface area contributed by atoms with Gasteiger partial charge >= 0.3 is 5.97 Å². The Hall–Kier alpha value is -3.00. The predicted octanol–water partition coefficient (Wildman–Crippen LogP) is 3.50. The van der Waals surface area contributed by atoms with E-state index >= 15 is 0 Å². The van der Waals surface area contributed by atoms with Crippen LogP contribution in [-0.4, -0.2) is 25.9 Å². The Balaban J connectivity index is 1.55. The van der Waals surface area contributed by atoms with Crippen molar-refractivity contribution < 1.29 is 14.1 Å². The third-order valence-corrected chi connectivity index (χ3v) is 5.01. The molecule has 0 unspecified atom stereocenters. The first kappa shape index (κ1) is 16.5. The smallest absolute Gasteiger partial charge is 0.348 e. The van der Waals surface area contributed by atoms with E-state index in [1.807, 2.05) is 35.9 Å². The van der Waals surface area contributed by atoms with Gasteiger partial charge in [0, 0.05) is 5.39 Å². The van der Waals surface area contributed by atoms with E-state index in [1.165, 1.54) is 11.3 Å². The molecule has 0 aliphatic carbocycles. The van der Waals surface area contributed by atoms with Crippen molar-refractivity contribution in [3.63, 3.8) is 0 Å². The van der Waals surface area contributed by atoms with Gasteiger partial charge in [0.05, 0.1) is 12.2 Å². The maximum atomic E-state index is 12.3. The van der Waals surface area contributed by atoms with Crippen LogP contribution in [0, 0.1) is 13.8 Å². The standard InChI is InChI=1S/C18H16N4O3S/c1-11-14-8-15(18(23)24-10-16-19-12(2)21-25-16)26-17(14)22(20-11)9-13-6-4-3-5-7-13/h3-8H,9-10H2,1-2H3. The lowest BCUT2D eigenvalue weighted by atomic mass is 10.2. The van der Waals surface area contributed by atoms with Gasteiger partial charge in [-0.05, 0) is 25.5 Å². The number of aryl methyl sites for hydroxylation is 2. The number of fused-ring (bicyclic) bond motifs is 1. The van der Waals surface area contributed by atoms with E-state index in [4.69, 9.17) is 9.26 Å². The van der Waals surface area contributed by atoms with Gasteiger partial charge in [-0.1, -0.05) is 35.5 Å². The Morgan fingerprint density at radius 2 is 2.08 bits per heavy atom. The number of benzene rings is 1. The molecule has 1 aromatic carbocycles. The molecule has 0 saturated heterocycles. The minimum atomic E-state index is -0.410. The first-order chi connectivity index (χ1) is 12.6. The summed E-state index contributed by atoms with van der Waals surface area (Å²) >= 11 is 1.37. The number of nitrogens with zero attached hydrogens (tertiary/aromatic N) is 4. The van der Waals surface area contributed by atoms with Gasteiger partial charge in [0.15, 0.2) is 12.4 Å². The van der Waals surface area contributed by atoms with E-state index in [2.05, 4.69) is 27.4 Å². The van der Waals surface area contributed by atoms with Crippen molar-refractivity contribution in [1.82, 2.24) is 19.9 Å². The van der Waals surface area contributed by atoms with Crippen molar-refractivity contribution in [3.8, 4) is 0 Å². The average Bonchev–Trinajstić information content (AvgIpc) is 3.32. The molecule has 0 bridgehead atoms. The second-order valence-electron chi connectivity index (χ2n) is 5.87. The summed E-state index contributed by atoms with van der Waals surface area (Å²) in [7, 11) is 0. The highest BCUT2D eigenvalue weighted by Gasteiger charge is 2.18. The molecule has 0 aliphatic rings. The van der Waals surface area contributed by atoms with Crippen LogP contribution in [0.3, 0.4) is 0 Å². The molecule has 0 amide bonds. The van der Waals surface area contributed by atoms with Crippen LogP contribution in [0.15, 0.2) is 40.9 Å². The molecule has 0 fully saturated rings. The molecule has 0 N–H and O–H groups in total. The van der Waals surface area contributed by atoms with Crippen molar-refractivity contribution in [2.75, 3.05) is 0 Å². The molecule has 26 heavy (non-hydrogen) atoms. The van der Waals surface area contributed by atoms with E-state index < -0.39 is 5.97 Å². The minimum Gasteiger partial charge on any atom is -0.451 e. The van der Waals surface area contributed by atoms with Crippen molar-refractivity contribution >= 4 is 27.5 Å². The molecule has 0 spiro atoms.